The van der Waals surface area contributed by atoms with E-state index in [0.29, 0.717) is 12.8 Å². The smallest absolute Gasteiger partial charge is 0.271 e. The van der Waals surface area contributed by atoms with Crippen LogP contribution in [0.25, 0.3) is 0 Å². The monoisotopic (exact) mass is 438 g/mol. The normalized spacial score (nSPS) is 12.5. The largest absolute Gasteiger partial charge is 0.391 e. The van der Waals surface area contributed by atoms with Gasteiger partial charge in [-0.05, 0) is 31.5 Å². The van der Waals surface area contributed by atoms with Crippen molar-refractivity contribution in [2.45, 2.75) is 57.0 Å². The Hall–Kier alpha value is -2.52. The van der Waals surface area contributed by atoms with Crippen LogP contribution in [0.1, 0.15) is 44.6 Å². The van der Waals surface area contributed by atoms with Crippen LogP contribution in [0.2, 0.25) is 0 Å². The number of benzene rings is 2. The van der Waals surface area contributed by atoms with Crippen molar-refractivity contribution in [1.29, 1.82) is 0 Å². The van der Waals surface area contributed by atoms with Gasteiger partial charge in [0.2, 0.25) is 0 Å². The summed E-state index contributed by atoms with van der Waals surface area (Å²) in [6.45, 7) is 3.45. The highest BCUT2D eigenvalue weighted by molar-refractivity contribution is 7.92. The van der Waals surface area contributed by atoms with Crippen molar-refractivity contribution in [3.63, 3.8) is 0 Å². The van der Waals surface area contributed by atoms with Gasteiger partial charge < -0.3 is 5.11 Å². The summed E-state index contributed by atoms with van der Waals surface area (Å²) in [6, 6.07) is 8.70. The SMILES string of the molecule is CCCCCCC(O)CN(c1cc([N+](=O)[O-])ccc1F)S(=O)(=O)c1ccc(C)cc1. The van der Waals surface area contributed by atoms with Crippen molar-refractivity contribution in [3.8, 4) is 0 Å². The fraction of sp³-hybridized carbons (Fsp3) is 0.429. The minimum Gasteiger partial charge on any atom is -0.391 e. The zero-order chi connectivity index (χ0) is 22.3. The van der Waals surface area contributed by atoms with Crippen molar-refractivity contribution < 1.29 is 22.8 Å². The first-order chi connectivity index (χ1) is 14.2. The first-order valence-electron chi connectivity index (χ1n) is 9.88. The number of nitrogens with zero attached hydrogens (tertiary/aromatic N) is 2. The van der Waals surface area contributed by atoms with Crippen LogP contribution in [0.15, 0.2) is 47.4 Å². The number of unbranched alkanes of at least 4 members (excludes halogenated alkanes) is 3. The predicted molar refractivity (Wildman–Crippen MR) is 114 cm³/mol. The summed E-state index contributed by atoms with van der Waals surface area (Å²) in [7, 11) is -4.26. The molecule has 0 fully saturated rings. The molecule has 0 saturated carbocycles. The number of hydrogen-bond donors (Lipinski definition) is 1. The van der Waals surface area contributed by atoms with Gasteiger partial charge in [-0.2, -0.15) is 0 Å². The molecule has 0 aliphatic carbocycles. The summed E-state index contributed by atoms with van der Waals surface area (Å²) in [5.74, 6) is -0.922. The van der Waals surface area contributed by atoms with Gasteiger partial charge in [-0.25, -0.2) is 12.8 Å². The molecule has 0 heterocycles. The van der Waals surface area contributed by atoms with E-state index in [9.17, 15) is 28.0 Å². The van der Waals surface area contributed by atoms with Crippen molar-refractivity contribution >= 4 is 21.4 Å². The number of aryl methyl sites for hydroxylation is 1. The van der Waals surface area contributed by atoms with Gasteiger partial charge >= 0.3 is 0 Å². The van der Waals surface area contributed by atoms with Gasteiger partial charge in [-0.3, -0.25) is 14.4 Å². The standard InChI is InChI=1S/C21H27FN2O5S/c1-3-4-5-6-7-18(25)15-23(21-14-17(24(26)27)10-13-20(21)22)30(28,29)19-11-8-16(2)9-12-19/h8-14,18,25H,3-7,15H2,1-2H3. The number of anilines is 1. The lowest BCUT2D eigenvalue weighted by Gasteiger charge is -2.27. The maximum absolute atomic E-state index is 14.6. The van der Waals surface area contributed by atoms with Gasteiger partial charge in [0.1, 0.15) is 5.82 Å². The second-order valence-corrected chi connectivity index (χ2v) is 9.11. The molecule has 2 aromatic carbocycles. The molecular formula is C21H27FN2O5S. The van der Waals surface area contributed by atoms with E-state index in [1.807, 2.05) is 0 Å². The van der Waals surface area contributed by atoms with Crippen LogP contribution >= 0.6 is 0 Å². The van der Waals surface area contributed by atoms with E-state index in [1.54, 1.807) is 19.1 Å². The minimum absolute atomic E-state index is 0.0859. The lowest BCUT2D eigenvalue weighted by Crippen LogP contribution is -2.38. The average molecular weight is 439 g/mol. The zero-order valence-electron chi connectivity index (χ0n) is 17.1. The predicted octanol–water partition coefficient (Wildman–Crippen LogP) is 4.57. The van der Waals surface area contributed by atoms with Gasteiger partial charge in [0, 0.05) is 12.1 Å². The van der Waals surface area contributed by atoms with Gasteiger partial charge in [-0.15, -0.1) is 0 Å². The molecule has 0 spiro atoms. The van der Waals surface area contributed by atoms with Crippen LogP contribution in [0.5, 0.6) is 0 Å². The third-order valence-electron chi connectivity index (χ3n) is 4.79. The van der Waals surface area contributed by atoms with E-state index < -0.39 is 44.8 Å². The minimum atomic E-state index is -4.26. The van der Waals surface area contributed by atoms with Gasteiger partial charge in [0.05, 0.1) is 28.2 Å². The van der Waals surface area contributed by atoms with Crippen LogP contribution in [0, 0.1) is 22.9 Å². The number of nitro groups is 1. The van der Waals surface area contributed by atoms with Crippen LogP contribution in [-0.4, -0.2) is 31.1 Å². The van der Waals surface area contributed by atoms with Crippen molar-refractivity contribution in [1.82, 2.24) is 0 Å². The number of halogens is 1. The molecule has 0 bridgehead atoms. The molecule has 1 atom stereocenters. The number of aliphatic hydroxyl groups excluding tert-OH is 1. The molecule has 0 radical (unpaired) electrons. The van der Waals surface area contributed by atoms with Gasteiger partial charge in [0.25, 0.3) is 15.7 Å². The van der Waals surface area contributed by atoms with Crippen LogP contribution < -0.4 is 4.31 Å². The Labute approximate surface area is 176 Å². The lowest BCUT2D eigenvalue weighted by molar-refractivity contribution is -0.384. The Morgan fingerprint density at radius 2 is 1.80 bits per heavy atom. The van der Waals surface area contributed by atoms with E-state index in [4.69, 9.17) is 0 Å². The summed E-state index contributed by atoms with van der Waals surface area (Å²) in [6.07, 6.45) is 2.91. The highest BCUT2D eigenvalue weighted by Gasteiger charge is 2.30. The zero-order valence-corrected chi connectivity index (χ0v) is 17.9. The number of aliphatic hydroxyl groups is 1. The molecule has 9 heteroatoms. The molecule has 1 unspecified atom stereocenters. The molecule has 164 valence electrons. The van der Waals surface area contributed by atoms with Gasteiger partial charge in [0.15, 0.2) is 0 Å². The third kappa shape index (κ3) is 5.99. The quantitative estimate of drug-likeness (QED) is 0.315. The maximum Gasteiger partial charge on any atom is 0.271 e. The Morgan fingerprint density at radius 3 is 2.40 bits per heavy atom. The second kappa shape index (κ2) is 10.5. The molecule has 0 aromatic heterocycles. The highest BCUT2D eigenvalue weighted by atomic mass is 32.2. The Balaban J connectivity index is 2.44. The van der Waals surface area contributed by atoms with Crippen LogP contribution in [0.4, 0.5) is 15.8 Å². The van der Waals surface area contributed by atoms with E-state index in [0.717, 1.165) is 47.3 Å². The summed E-state index contributed by atoms with van der Waals surface area (Å²) >= 11 is 0. The Bertz CT molecular complexity index is 964. The number of nitro benzene ring substituents is 1. The van der Waals surface area contributed by atoms with Crippen molar-refractivity contribution in [2.24, 2.45) is 0 Å². The molecule has 0 saturated heterocycles. The molecule has 0 aliphatic rings. The number of sulfonamides is 1. The first-order valence-corrected chi connectivity index (χ1v) is 11.3. The summed E-state index contributed by atoms with van der Waals surface area (Å²) in [5, 5.41) is 21.6. The van der Waals surface area contributed by atoms with Gasteiger partial charge in [-0.1, -0.05) is 50.3 Å². The number of rotatable bonds is 11. The Morgan fingerprint density at radius 1 is 1.13 bits per heavy atom. The molecule has 0 aliphatic heterocycles. The fourth-order valence-electron chi connectivity index (χ4n) is 3.06. The van der Waals surface area contributed by atoms with E-state index >= 15 is 0 Å². The molecular weight excluding hydrogens is 411 g/mol. The lowest BCUT2D eigenvalue weighted by atomic mass is 10.1. The van der Waals surface area contributed by atoms with E-state index in [-0.39, 0.29) is 4.90 Å². The topological polar surface area (TPSA) is 101 Å². The Kier molecular flexibility index (Phi) is 8.31. The second-order valence-electron chi connectivity index (χ2n) is 7.25. The fourth-order valence-corrected chi connectivity index (χ4v) is 4.56. The van der Waals surface area contributed by atoms with E-state index in [2.05, 4.69) is 6.92 Å². The van der Waals surface area contributed by atoms with Crippen LogP contribution in [0.3, 0.4) is 0 Å². The first kappa shape index (κ1) is 23.8. The summed E-state index contributed by atoms with van der Waals surface area (Å²) in [4.78, 5) is 10.3. The highest BCUT2D eigenvalue weighted by Crippen LogP contribution is 2.30. The molecule has 1 N–H and O–H groups in total. The molecule has 30 heavy (non-hydrogen) atoms. The number of hydrogen-bond acceptors (Lipinski definition) is 5. The molecule has 2 rings (SSSR count). The molecule has 7 nitrogen and oxygen atoms in total. The third-order valence-corrected chi connectivity index (χ3v) is 6.58. The summed E-state index contributed by atoms with van der Waals surface area (Å²) in [5.41, 5.74) is -0.0525. The maximum atomic E-state index is 14.6. The number of non-ortho nitro benzene ring substituents is 1. The van der Waals surface area contributed by atoms with Crippen molar-refractivity contribution in [3.05, 3.63) is 64.0 Å². The van der Waals surface area contributed by atoms with Crippen LogP contribution in [-0.2, 0) is 10.0 Å². The summed E-state index contributed by atoms with van der Waals surface area (Å²) < 4.78 is 41.8. The molecule has 0 amide bonds. The van der Waals surface area contributed by atoms with Crippen molar-refractivity contribution in [2.75, 3.05) is 10.8 Å². The molecule has 2 aromatic rings. The average Bonchev–Trinajstić information content (AvgIpc) is 2.70. The van der Waals surface area contributed by atoms with E-state index in [1.165, 1.54) is 12.1 Å².